The molecule has 1 saturated carbocycles. The van der Waals surface area contributed by atoms with Crippen molar-refractivity contribution in [1.29, 1.82) is 0 Å². The van der Waals surface area contributed by atoms with Crippen molar-refractivity contribution in [3.05, 3.63) is 51.2 Å². The SMILES string of the molecule is NCC1(NC(=O)c2ccc(Cl)c(NC(=O)c3cccs3)c2)CCCC1. The van der Waals surface area contributed by atoms with E-state index < -0.39 is 0 Å². The Morgan fingerprint density at radius 2 is 1.96 bits per heavy atom. The minimum absolute atomic E-state index is 0.198. The molecule has 1 aliphatic rings. The molecule has 1 heterocycles. The molecule has 7 heteroatoms. The molecule has 132 valence electrons. The fourth-order valence-corrected chi connectivity index (χ4v) is 3.88. The molecule has 0 unspecified atom stereocenters. The van der Waals surface area contributed by atoms with Gasteiger partial charge in [0.05, 0.1) is 21.1 Å². The summed E-state index contributed by atoms with van der Waals surface area (Å²) in [4.78, 5) is 25.4. The number of nitrogens with two attached hydrogens (primary N) is 1. The fraction of sp³-hybridized carbons (Fsp3) is 0.333. The number of nitrogens with one attached hydrogen (secondary N) is 2. The predicted molar refractivity (Wildman–Crippen MR) is 101 cm³/mol. The van der Waals surface area contributed by atoms with Gasteiger partial charge in [-0.1, -0.05) is 30.5 Å². The lowest BCUT2D eigenvalue weighted by Crippen LogP contribution is -2.51. The lowest BCUT2D eigenvalue weighted by Gasteiger charge is -2.28. The molecule has 3 rings (SSSR count). The van der Waals surface area contributed by atoms with Gasteiger partial charge in [0.25, 0.3) is 11.8 Å². The molecule has 1 aromatic carbocycles. The number of carbonyl (C=O) groups is 2. The van der Waals surface area contributed by atoms with Gasteiger partial charge in [0.1, 0.15) is 0 Å². The summed E-state index contributed by atoms with van der Waals surface area (Å²) in [7, 11) is 0. The lowest BCUT2D eigenvalue weighted by molar-refractivity contribution is 0.0902. The number of thiophene rings is 1. The van der Waals surface area contributed by atoms with Crippen LogP contribution in [0.3, 0.4) is 0 Å². The van der Waals surface area contributed by atoms with Gasteiger partial charge in [-0.25, -0.2) is 0 Å². The van der Waals surface area contributed by atoms with E-state index in [0.717, 1.165) is 25.7 Å². The number of carbonyl (C=O) groups excluding carboxylic acids is 2. The highest BCUT2D eigenvalue weighted by atomic mass is 35.5. The Bertz CT molecular complexity index is 771. The van der Waals surface area contributed by atoms with E-state index in [4.69, 9.17) is 17.3 Å². The summed E-state index contributed by atoms with van der Waals surface area (Å²) >= 11 is 7.51. The van der Waals surface area contributed by atoms with Gasteiger partial charge in [-0.15, -0.1) is 11.3 Å². The first-order valence-corrected chi connectivity index (χ1v) is 9.46. The summed E-state index contributed by atoms with van der Waals surface area (Å²) in [5, 5.41) is 8.04. The number of hydrogen-bond donors (Lipinski definition) is 3. The predicted octanol–water partition coefficient (Wildman–Crippen LogP) is 3.66. The third kappa shape index (κ3) is 4.03. The van der Waals surface area contributed by atoms with E-state index in [2.05, 4.69) is 10.6 Å². The standard InChI is InChI=1S/C18H20ClN3O2S/c19-13-6-5-12(16(23)22-18(11-20)7-1-2-8-18)10-14(13)21-17(24)15-4-3-9-25-15/h3-6,9-10H,1-2,7-8,11,20H2,(H,21,24)(H,22,23). The second-order valence-electron chi connectivity index (χ2n) is 6.27. The van der Waals surface area contributed by atoms with E-state index >= 15 is 0 Å². The van der Waals surface area contributed by atoms with Crippen molar-refractivity contribution in [2.75, 3.05) is 11.9 Å². The van der Waals surface area contributed by atoms with Gasteiger partial charge in [-0.05, 0) is 42.5 Å². The van der Waals surface area contributed by atoms with Gasteiger partial charge in [-0.2, -0.15) is 0 Å². The Morgan fingerprint density at radius 1 is 1.20 bits per heavy atom. The maximum Gasteiger partial charge on any atom is 0.265 e. The van der Waals surface area contributed by atoms with Gasteiger partial charge in [-0.3, -0.25) is 9.59 Å². The molecule has 0 saturated heterocycles. The molecule has 0 aliphatic heterocycles. The molecule has 0 atom stereocenters. The Labute approximate surface area is 155 Å². The summed E-state index contributed by atoms with van der Waals surface area (Å²) in [5.41, 5.74) is 6.42. The highest BCUT2D eigenvalue weighted by Gasteiger charge is 2.34. The smallest absolute Gasteiger partial charge is 0.265 e. The van der Waals surface area contributed by atoms with E-state index in [-0.39, 0.29) is 17.4 Å². The van der Waals surface area contributed by atoms with Crippen molar-refractivity contribution in [3.63, 3.8) is 0 Å². The van der Waals surface area contributed by atoms with Crippen molar-refractivity contribution in [2.24, 2.45) is 5.73 Å². The number of rotatable bonds is 5. The van der Waals surface area contributed by atoms with Crippen molar-refractivity contribution >= 4 is 40.4 Å². The van der Waals surface area contributed by atoms with E-state index in [1.165, 1.54) is 11.3 Å². The summed E-state index contributed by atoms with van der Waals surface area (Å²) in [6.45, 7) is 0.425. The first-order chi connectivity index (χ1) is 12.0. The first-order valence-electron chi connectivity index (χ1n) is 8.20. The van der Waals surface area contributed by atoms with Crippen LogP contribution in [0.2, 0.25) is 5.02 Å². The van der Waals surface area contributed by atoms with Crippen molar-refractivity contribution in [3.8, 4) is 0 Å². The molecule has 0 spiro atoms. The Hall–Kier alpha value is -1.89. The van der Waals surface area contributed by atoms with Gasteiger partial charge >= 0.3 is 0 Å². The minimum atomic E-state index is -0.322. The van der Waals surface area contributed by atoms with E-state index in [1.54, 1.807) is 30.3 Å². The molecule has 2 amide bonds. The fourth-order valence-electron chi connectivity index (χ4n) is 3.10. The minimum Gasteiger partial charge on any atom is -0.345 e. The molecule has 0 radical (unpaired) electrons. The van der Waals surface area contributed by atoms with Crippen LogP contribution >= 0.6 is 22.9 Å². The van der Waals surface area contributed by atoms with Gasteiger partial charge in [0, 0.05) is 12.1 Å². The van der Waals surface area contributed by atoms with E-state index in [1.807, 2.05) is 5.38 Å². The third-order valence-electron chi connectivity index (χ3n) is 4.55. The van der Waals surface area contributed by atoms with Gasteiger partial charge in [0.15, 0.2) is 0 Å². The number of halogens is 1. The van der Waals surface area contributed by atoms with E-state index in [0.29, 0.717) is 27.7 Å². The molecule has 4 N–H and O–H groups in total. The van der Waals surface area contributed by atoms with Gasteiger partial charge in [0.2, 0.25) is 0 Å². The quantitative estimate of drug-likeness (QED) is 0.743. The summed E-state index contributed by atoms with van der Waals surface area (Å²) in [5.74, 6) is -0.445. The maximum atomic E-state index is 12.6. The molecule has 1 fully saturated rings. The second-order valence-corrected chi connectivity index (χ2v) is 7.63. The van der Waals surface area contributed by atoms with Crippen LogP contribution in [0.15, 0.2) is 35.7 Å². The zero-order valence-corrected chi connectivity index (χ0v) is 15.3. The topological polar surface area (TPSA) is 84.2 Å². The Kier molecular flexibility index (Phi) is 5.42. The normalized spacial score (nSPS) is 15.8. The molecule has 5 nitrogen and oxygen atoms in total. The van der Waals surface area contributed by atoms with Crippen LogP contribution in [0, 0.1) is 0 Å². The average Bonchev–Trinajstić information content (AvgIpc) is 3.29. The first kappa shape index (κ1) is 17.9. The van der Waals surface area contributed by atoms with E-state index in [9.17, 15) is 9.59 Å². The largest absolute Gasteiger partial charge is 0.345 e. The molecule has 1 aromatic heterocycles. The molecule has 1 aliphatic carbocycles. The average molecular weight is 378 g/mol. The summed E-state index contributed by atoms with van der Waals surface area (Å²) in [6.07, 6.45) is 3.93. The Morgan fingerprint density at radius 3 is 2.60 bits per heavy atom. The van der Waals surface area contributed by atoms with Crippen molar-refractivity contribution in [1.82, 2.24) is 5.32 Å². The second kappa shape index (κ2) is 7.56. The zero-order chi connectivity index (χ0) is 17.9. The van der Waals surface area contributed by atoms with Crippen LogP contribution < -0.4 is 16.4 Å². The van der Waals surface area contributed by atoms with Crippen LogP contribution in [-0.2, 0) is 0 Å². The zero-order valence-electron chi connectivity index (χ0n) is 13.7. The molecule has 2 aromatic rings. The third-order valence-corrected chi connectivity index (χ3v) is 5.75. The molecule has 0 bridgehead atoms. The molecular formula is C18H20ClN3O2S. The number of anilines is 1. The van der Waals surface area contributed by atoms with Crippen LogP contribution in [0.1, 0.15) is 45.7 Å². The summed E-state index contributed by atoms with van der Waals surface area (Å²) < 4.78 is 0. The number of amides is 2. The highest BCUT2D eigenvalue weighted by molar-refractivity contribution is 7.12. The number of hydrogen-bond acceptors (Lipinski definition) is 4. The Balaban J connectivity index is 1.76. The monoisotopic (exact) mass is 377 g/mol. The summed E-state index contributed by atoms with van der Waals surface area (Å²) in [6, 6.07) is 8.40. The van der Waals surface area contributed by atoms with Crippen LogP contribution in [-0.4, -0.2) is 23.9 Å². The molecular weight excluding hydrogens is 358 g/mol. The maximum absolute atomic E-state index is 12.6. The van der Waals surface area contributed by atoms with Crippen LogP contribution in [0.5, 0.6) is 0 Å². The van der Waals surface area contributed by atoms with Crippen LogP contribution in [0.25, 0.3) is 0 Å². The van der Waals surface area contributed by atoms with Crippen LogP contribution in [0.4, 0.5) is 5.69 Å². The lowest BCUT2D eigenvalue weighted by atomic mass is 9.97. The van der Waals surface area contributed by atoms with Gasteiger partial charge < -0.3 is 16.4 Å². The highest BCUT2D eigenvalue weighted by Crippen LogP contribution is 2.30. The van der Waals surface area contributed by atoms with Crippen molar-refractivity contribution in [2.45, 2.75) is 31.2 Å². The molecule has 25 heavy (non-hydrogen) atoms. The number of benzene rings is 1. The van der Waals surface area contributed by atoms with Crippen molar-refractivity contribution < 1.29 is 9.59 Å².